The Morgan fingerprint density at radius 1 is 1.27 bits per heavy atom. The molecule has 0 unspecified atom stereocenters. The molecule has 1 N–H and O–H groups in total. The first-order valence-corrected chi connectivity index (χ1v) is 11.4. The standard InChI is InChI=1S/C20H24ClF3N4OS/c1-2-28-17(10-13-6-4-3-5-7-13)26-27-19(28)30-12-18(29)25-16-11-14(20(22,23)24)8-9-15(16)21/h8-9,11,13H,2-7,10,12H2,1H3,(H,25,29). The van der Waals surface area contributed by atoms with Crippen LogP contribution in [0.15, 0.2) is 23.4 Å². The van der Waals surface area contributed by atoms with Crippen molar-refractivity contribution in [3.8, 4) is 0 Å². The molecule has 3 rings (SSSR count). The molecule has 1 heterocycles. The van der Waals surface area contributed by atoms with Gasteiger partial charge >= 0.3 is 6.18 Å². The van der Waals surface area contributed by atoms with Gasteiger partial charge in [0.05, 0.1) is 22.0 Å². The van der Waals surface area contributed by atoms with Gasteiger partial charge in [-0.2, -0.15) is 13.2 Å². The number of alkyl halides is 3. The maximum Gasteiger partial charge on any atom is 0.416 e. The third-order valence-corrected chi connectivity index (χ3v) is 6.50. The number of carbonyl (C=O) groups excluding carboxylic acids is 1. The van der Waals surface area contributed by atoms with E-state index < -0.39 is 17.6 Å². The SMILES string of the molecule is CCn1c(CC2CCCCC2)nnc1SCC(=O)Nc1cc(C(F)(F)F)ccc1Cl. The van der Waals surface area contributed by atoms with Gasteiger partial charge in [-0.05, 0) is 31.0 Å². The fourth-order valence-electron chi connectivity index (χ4n) is 3.66. The second-order valence-electron chi connectivity index (χ2n) is 7.38. The van der Waals surface area contributed by atoms with Crippen LogP contribution in [-0.2, 0) is 23.9 Å². The normalized spacial score (nSPS) is 15.4. The molecule has 2 aromatic rings. The van der Waals surface area contributed by atoms with E-state index in [0.717, 1.165) is 30.4 Å². The minimum atomic E-state index is -4.51. The number of nitrogens with zero attached hydrogens (tertiary/aromatic N) is 3. The number of hydrogen-bond acceptors (Lipinski definition) is 4. The number of anilines is 1. The van der Waals surface area contributed by atoms with Gasteiger partial charge in [-0.15, -0.1) is 10.2 Å². The quantitative estimate of drug-likeness (QED) is 0.528. The van der Waals surface area contributed by atoms with Crippen LogP contribution >= 0.6 is 23.4 Å². The number of aromatic nitrogens is 3. The maximum atomic E-state index is 12.9. The van der Waals surface area contributed by atoms with E-state index in [1.807, 2.05) is 11.5 Å². The Morgan fingerprint density at radius 2 is 2.00 bits per heavy atom. The fraction of sp³-hybridized carbons (Fsp3) is 0.550. The van der Waals surface area contributed by atoms with Crippen molar-refractivity contribution in [2.24, 2.45) is 5.92 Å². The highest BCUT2D eigenvalue weighted by Gasteiger charge is 2.31. The van der Waals surface area contributed by atoms with Crippen molar-refractivity contribution in [2.75, 3.05) is 11.1 Å². The Morgan fingerprint density at radius 3 is 2.67 bits per heavy atom. The average molecular weight is 461 g/mol. The summed E-state index contributed by atoms with van der Waals surface area (Å²) in [5.74, 6) is 1.08. The molecule has 1 saturated carbocycles. The zero-order valence-corrected chi connectivity index (χ0v) is 18.2. The molecule has 0 aliphatic heterocycles. The van der Waals surface area contributed by atoms with Crippen LogP contribution in [0.25, 0.3) is 0 Å². The molecule has 1 amide bonds. The van der Waals surface area contributed by atoms with Gasteiger partial charge in [0, 0.05) is 13.0 Å². The molecular weight excluding hydrogens is 437 g/mol. The number of benzene rings is 1. The highest BCUT2D eigenvalue weighted by molar-refractivity contribution is 7.99. The Balaban J connectivity index is 1.61. The van der Waals surface area contributed by atoms with Gasteiger partial charge in [-0.25, -0.2) is 0 Å². The van der Waals surface area contributed by atoms with Gasteiger partial charge < -0.3 is 9.88 Å². The summed E-state index contributed by atoms with van der Waals surface area (Å²) in [7, 11) is 0. The number of rotatable bonds is 7. The Labute approximate surface area is 182 Å². The minimum Gasteiger partial charge on any atom is -0.324 e. The predicted molar refractivity (Wildman–Crippen MR) is 112 cm³/mol. The number of carbonyl (C=O) groups is 1. The van der Waals surface area contributed by atoms with E-state index in [4.69, 9.17) is 11.6 Å². The van der Waals surface area contributed by atoms with E-state index in [2.05, 4.69) is 15.5 Å². The van der Waals surface area contributed by atoms with E-state index >= 15 is 0 Å². The van der Waals surface area contributed by atoms with Crippen molar-refractivity contribution in [1.82, 2.24) is 14.8 Å². The summed E-state index contributed by atoms with van der Waals surface area (Å²) in [6, 6.07) is 2.84. The van der Waals surface area contributed by atoms with E-state index in [1.54, 1.807) is 0 Å². The lowest BCUT2D eigenvalue weighted by atomic mass is 9.87. The number of hydrogen-bond donors (Lipinski definition) is 1. The van der Waals surface area contributed by atoms with Crippen LogP contribution in [0.3, 0.4) is 0 Å². The zero-order valence-electron chi connectivity index (χ0n) is 16.6. The second-order valence-corrected chi connectivity index (χ2v) is 8.73. The molecule has 0 bridgehead atoms. The summed E-state index contributed by atoms with van der Waals surface area (Å²) in [6.45, 7) is 2.69. The lowest BCUT2D eigenvalue weighted by molar-refractivity contribution is -0.137. The largest absolute Gasteiger partial charge is 0.416 e. The topological polar surface area (TPSA) is 59.8 Å². The zero-order chi connectivity index (χ0) is 21.7. The first-order chi connectivity index (χ1) is 14.3. The summed E-state index contributed by atoms with van der Waals surface area (Å²) in [6.07, 6.45) is 2.59. The number of amides is 1. The van der Waals surface area contributed by atoms with Gasteiger partial charge in [0.1, 0.15) is 5.82 Å². The molecule has 1 aromatic heterocycles. The lowest BCUT2D eigenvalue weighted by Gasteiger charge is -2.21. The van der Waals surface area contributed by atoms with E-state index in [-0.39, 0.29) is 16.5 Å². The fourth-order valence-corrected chi connectivity index (χ4v) is 4.64. The summed E-state index contributed by atoms with van der Waals surface area (Å²) < 4.78 is 40.7. The molecule has 5 nitrogen and oxygen atoms in total. The summed E-state index contributed by atoms with van der Waals surface area (Å²) in [4.78, 5) is 12.3. The van der Waals surface area contributed by atoms with Crippen LogP contribution in [0.2, 0.25) is 5.02 Å². The van der Waals surface area contributed by atoms with Gasteiger partial charge in [-0.1, -0.05) is 55.5 Å². The van der Waals surface area contributed by atoms with Crippen molar-refractivity contribution < 1.29 is 18.0 Å². The molecule has 1 aliphatic carbocycles. The van der Waals surface area contributed by atoms with Crippen molar-refractivity contribution in [3.63, 3.8) is 0 Å². The number of thioether (sulfide) groups is 1. The van der Waals surface area contributed by atoms with Gasteiger partial charge in [0.2, 0.25) is 5.91 Å². The average Bonchev–Trinajstić information content (AvgIpc) is 3.09. The third kappa shape index (κ3) is 5.91. The Hall–Kier alpha value is -1.74. The van der Waals surface area contributed by atoms with E-state index in [0.29, 0.717) is 17.6 Å². The predicted octanol–water partition coefficient (Wildman–Crippen LogP) is 5.82. The smallest absolute Gasteiger partial charge is 0.324 e. The lowest BCUT2D eigenvalue weighted by Crippen LogP contribution is -2.16. The first kappa shape index (κ1) is 22.9. The van der Waals surface area contributed by atoms with E-state index in [9.17, 15) is 18.0 Å². The molecular formula is C20H24ClF3N4OS. The van der Waals surface area contributed by atoms with Crippen molar-refractivity contribution in [3.05, 3.63) is 34.6 Å². The monoisotopic (exact) mass is 460 g/mol. The van der Waals surface area contributed by atoms with Gasteiger partial charge in [-0.3, -0.25) is 4.79 Å². The minimum absolute atomic E-state index is 0.00582. The molecule has 0 spiro atoms. The number of halogens is 4. The second kappa shape index (κ2) is 10.0. The molecule has 164 valence electrons. The summed E-state index contributed by atoms with van der Waals surface area (Å²) >= 11 is 7.15. The molecule has 1 aliphatic rings. The van der Waals surface area contributed by atoms with Crippen LogP contribution in [0.1, 0.15) is 50.4 Å². The number of nitrogens with one attached hydrogen (secondary N) is 1. The highest BCUT2D eigenvalue weighted by Crippen LogP contribution is 2.34. The summed E-state index contributed by atoms with van der Waals surface area (Å²) in [5.41, 5.74) is -0.931. The molecule has 0 saturated heterocycles. The maximum absolute atomic E-state index is 12.9. The van der Waals surface area contributed by atoms with Crippen molar-refractivity contribution >= 4 is 35.0 Å². The third-order valence-electron chi connectivity index (χ3n) is 5.21. The van der Waals surface area contributed by atoms with E-state index in [1.165, 1.54) is 43.9 Å². The van der Waals surface area contributed by atoms with Crippen LogP contribution in [0.4, 0.5) is 18.9 Å². The van der Waals surface area contributed by atoms with Crippen molar-refractivity contribution in [1.29, 1.82) is 0 Å². The highest BCUT2D eigenvalue weighted by atomic mass is 35.5. The van der Waals surface area contributed by atoms with Gasteiger partial charge in [0.15, 0.2) is 5.16 Å². The first-order valence-electron chi connectivity index (χ1n) is 9.99. The summed E-state index contributed by atoms with van der Waals surface area (Å²) in [5, 5.41) is 11.7. The van der Waals surface area contributed by atoms with Crippen LogP contribution < -0.4 is 5.32 Å². The Bertz CT molecular complexity index is 881. The van der Waals surface area contributed by atoms with Crippen LogP contribution in [-0.4, -0.2) is 26.4 Å². The van der Waals surface area contributed by atoms with Crippen LogP contribution in [0.5, 0.6) is 0 Å². The Kier molecular flexibility index (Phi) is 7.68. The molecule has 1 aromatic carbocycles. The molecule has 30 heavy (non-hydrogen) atoms. The van der Waals surface area contributed by atoms with Crippen molar-refractivity contribution in [2.45, 2.75) is 63.3 Å². The molecule has 10 heteroatoms. The molecule has 0 radical (unpaired) electrons. The van der Waals surface area contributed by atoms with Crippen LogP contribution in [0, 0.1) is 5.92 Å². The van der Waals surface area contributed by atoms with Gasteiger partial charge in [0.25, 0.3) is 0 Å². The molecule has 0 atom stereocenters. The molecule has 1 fully saturated rings.